The maximum atomic E-state index is 12.1. The third kappa shape index (κ3) is 1.37. The highest BCUT2D eigenvalue weighted by Gasteiger charge is 2.39. The highest BCUT2D eigenvalue weighted by Crippen LogP contribution is 2.44. The van der Waals surface area contributed by atoms with Crippen molar-refractivity contribution in [2.75, 3.05) is 0 Å². The Hall–Kier alpha value is -2.82. The molecule has 0 N–H and O–H groups in total. The van der Waals surface area contributed by atoms with Crippen LogP contribution >= 0.6 is 0 Å². The van der Waals surface area contributed by atoms with Crippen LogP contribution < -0.4 is 5.43 Å². The van der Waals surface area contributed by atoms with Crippen molar-refractivity contribution in [3.8, 4) is 0 Å². The minimum absolute atomic E-state index is 0.230. The molecule has 3 aliphatic rings. The van der Waals surface area contributed by atoms with E-state index in [-0.39, 0.29) is 5.43 Å². The Bertz CT molecular complexity index is 804. The molecule has 0 radical (unpaired) electrons. The summed E-state index contributed by atoms with van der Waals surface area (Å²) in [7, 11) is 0. The van der Waals surface area contributed by atoms with Crippen LogP contribution in [0.15, 0.2) is 63.4 Å². The molecule has 1 aliphatic carbocycles. The predicted octanol–water partition coefficient (Wildman–Crippen LogP) is 1.99. The average molecular weight is 268 g/mol. The molecule has 0 bridgehead atoms. The second kappa shape index (κ2) is 3.84. The summed E-state index contributed by atoms with van der Waals surface area (Å²) in [6, 6.07) is 1.31. The summed E-state index contributed by atoms with van der Waals surface area (Å²) in [4.78, 5) is 23.6. The fourth-order valence-corrected chi connectivity index (χ4v) is 2.54. The molecule has 4 rings (SSSR count). The molecule has 1 atom stereocenters. The van der Waals surface area contributed by atoms with E-state index < -0.39 is 12.1 Å². The molecule has 20 heavy (non-hydrogen) atoms. The normalized spacial score (nSPS) is 22.3. The number of hydrogen-bond donors (Lipinski definition) is 0. The molecule has 0 saturated heterocycles. The zero-order valence-corrected chi connectivity index (χ0v) is 10.2. The predicted molar refractivity (Wildman–Crippen MR) is 68.2 cm³/mol. The molecular formula is C15H8O5. The van der Waals surface area contributed by atoms with E-state index in [2.05, 4.69) is 0 Å². The standard InChI is InChI=1S/C15H8O5/c16-10-5-7-19-14-8-2-1-6-18-13(8)9-3-4-11(17)20-15(9)12(10)14/h1-7,15H. The quantitative estimate of drug-likeness (QED) is 0.673. The second-order valence-corrected chi connectivity index (χ2v) is 4.49. The Morgan fingerprint density at radius 2 is 2.05 bits per heavy atom. The van der Waals surface area contributed by atoms with E-state index in [1.54, 1.807) is 18.2 Å². The van der Waals surface area contributed by atoms with Crippen LogP contribution in [0.4, 0.5) is 0 Å². The molecule has 0 saturated carbocycles. The lowest BCUT2D eigenvalue weighted by Gasteiger charge is -2.30. The van der Waals surface area contributed by atoms with Gasteiger partial charge < -0.3 is 13.9 Å². The Labute approximate surface area is 113 Å². The summed E-state index contributed by atoms with van der Waals surface area (Å²) < 4.78 is 16.2. The van der Waals surface area contributed by atoms with E-state index in [0.29, 0.717) is 28.2 Å². The number of hydrogen-bond acceptors (Lipinski definition) is 5. The fraction of sp³-hybridized carbons (Fsp3) is 0.0667. The second-order valence-electron chi connectivity index (χ2n) is 4.49. The van der Waals surface area contributed by atoms with Crippen LogP contribution in [0, 0.1) is 0 Å². The van der Waals surface area contributed by atoms with Crippen molar-refractivity contribution in [2.24, 2.45) is 0 Å². The van der Waals surface area contributed by atoms with E-state index in [1.165, 1.54) is 24.7 Å². The summed E-state index contributed by atoms with van der Waals surface area (Å²) >= 11 is 0. The lowest BCUT2D eigenvalue weighted by Crippen LogP contribution is -2.27. The van der Waals surface area contributed by atoms with Crippen LogP contribution in [0.5, 0.6) is 0 Å². The van der Waals surface area contributed by atoms with Crippen molar-refractivity contribution in [1.29, 1.82) is 0 Å². The van der Waals surface area contributed by atoms with Crippen LogP contribution in [-0.4, -0.2) is 5.97 Å². The van der Waals surface area contributed by atoms with Gasteiger partial charge in [-0.3, -0.25) is 4.79 Å². The zero-order chi connectivity index (χ0) is 13.7. The Balaban J connectivity index is 2.08. The average Bonchev–Trinajstić information content (AvgIpc) is 2.47. The van der Waals surface area contributed by atoms with Gasteiger partial charge >= 0.3 is 5.97 Å². The van der Waals surface area contributed by atoms with Gasteiger partial charge in [-0.1, -0.05) is 0 Å². The van der Waals surface area contributed by atoms with Crippen molar-refractivity contribution in [3.63, 3.8) is 0 Å². The number of allylic oxidation sites excluding steroid dienone is 3. The van der Waals surface area contributed by atoms with Crippen molar-refractivity contribution in [3.05, 3.63) is 75.8 Å². The van der Waals surface area contributed by atoms with Gasteiger partial charge in [0.15, 0.2) is 11.5 Å². The third-order valence-corrected chi connectivity index (χ3v) is 3.37. The van der Waals surface area contributed by atoms with Crippen LogP contribution in [0.2, 0.25) is 0 Å². The zero-order valence-electron chi connectivity index (χ0n) is 10.2. The van der Waals surface area contributed by atoms with E-state index in [4.69, 9.17) is 13.9 Å². The Morgan fingerprint density at radius 1 is 1.15 bits per heavy atom. The highest BCUT2D eigenvalue weighted by atomic mass is 16.5. The maximum absolute atomic E-state index is 12.1. The molecule has 5 heteroatoms. The van der Waals surface area contributed by atoms with Gasteiger partial charge in [-0.25, -0.2) is 4.79 Å². The largest absolute Gasteiger partial charge is 0.464 e. The number of esters is 1. The lowest BCUT2D eigenvalue weighted by atomic mass is 9.86. The van der Waals surface area contributed by atoms with E-state index >= 15 is 0 Å². The van der Waals surface area contributed by atoms with Crippen LogP contribution in [0.3, 0.4) is 0 Å². The number of rotatable bonds is 0. The first-order valence-electron chi connectivity index (χ1n) is 6.04. The Morgan fingerprint density at radius 3 is 2.95 bits per heavy atom. The monoisotopic (exact) mass is 268 g/mol. The number of carbonyl (C=O) groups is 1. The van der Waals surface area contributed by atoms with E-state index in [9.17, 15) is 9.59 Å². The molecule has 1 unspecified atom stereocenters. The minimum Gasteiger partial charge on any atom is -0.464 e. The molecular weight excluding hydrogens is 260 g/mol. The number of ether oxygens (including phenoxy) is 2. The number of carbonyl (C=O) groups excluding carboxylic acids is 1. The molecule has 0 aromatic carbocycles. The topological polar surface area (TPSA) is 65.7 Å². The summed E-state index contributed by atoms with van der Waals surface area (Å²) in [6.45, 7) is 0. The van der Waals surface area contributed by atoms with Gasteiger partial charge in [0.25, 0.3) is 0 Å². The summed E-state index contributed by atoms with van der Waals surface area (Å²) in [5.41, 5.74) is 1.42. The first-order chi connectivity index (χ1) is 9.75. The van der Waals surface area contributed by atoms with Gasteiger partial charge in [0.05, 0.1) is 23.7 Å². The third-order valence-electron chi connectivity index (χ3n) is 3.37. The van der Waals surface area contributed by atoms with Crippen molar-refractivity contribution in [1.82, 2.24) is 0 Å². The van der Waals surface area contributed by atoms with Crippen molar-refractivity contribution < 1.29 is 18.7 Å². The van der Waals surface area contributed by atoms with Crippen molar-refractivity contribution >= 4 is 11.5 Å². The van der Waals surface area contributed by atoms with Gasteiger partial charge in [0.2, 0.25) is 0 Å². The number of fused-ring (bicyclic) bond motifs is 5. The molecule has 2 aliphatic heterocycles. The molecule has 0 spiro atoms. The van der Waals surface area contributed by atoms with Crippen LogP contribution in [0.1, 0.15) is 17.4 Å². The van der Waals surface area contributed by atoms with Gasteiger partial charge in [-0.05, 0) is 18.2 Å². The van der Waals surface area contributed by atoms with Gasteiger partial charge in [0, 0.05) is 17.7 Å². The van der Waals surface area contributed by atoms with E-state index in [0.717, 1.165) is 0 Å². The molecule has 1 aromatic heterocycles. The minimum atomic E-state index is -0.779. The fourth-order valence-electron chi connectivity index (χ4n) is 2.54. The van der Waals surface area contributed by atoms with Crippen LogP contribution in [-0.2, 0) is 14.3 Å². The first kappa shape index (κ1) is 11.0. The SMILES string of the molecule is O=C1C=CC2=C3OC=CC=C3c3occc(=O)c3C2O1. The molecule has 0 fully saturated rings. The first-order valence-corrected chi connectivity index (χ1v) is 6.04. The van der Waals surface area contributed by atoms with E-state index in [1.807, 2.05) is 0 Å². The smallest absolute Gasteiger partial charge is 0.331 e. The van der Waals surface area contributed by atoms with Gasteiger partial charge in [0.1, 0.15) is 11.5 Å². The highest BCUT2D eigenvalue weighted by molar-refractivity contribution is 5.89. The molecule has 0 amide bonds. The summed E-state index contributed by atoms with van der Waals surface area (Å²) in [6.07, 6.45) is 8.52. The lowest BCUT2D eigenvalue weighted by molar-refractivity contribution is -0.142. The van der Waals surface area contributed by atoms with Gasteiger partial charge in [-0.15, -0.1) is 0 Å². The van der Waals surface area contributed by atoms with Crippen LogP contribution in [0.25, 0.3) is 5.57 Å². The molecule has 98 valence electrons. The Kier molecular flexibility index (Phi) is 2.12. The van der Waals surface area contributed by atoms with Crippen molar-refractivity contribution in [2.45, 2.75) is 6.10 Å². The molecule has 1 aromatic rings. The van der Waals surface area contributed by atoms with Gasteiger partial charge in [-0.2, -0.15) is 0 Å². The molecule has 3 heterocycles. The summed E-state index contributed by atoms with van der Waals surface area (Å²) in [5, 5.41) is 0. The summed E-state index contributed by atoms with van der Waals surface area (Å²) in [5.74, 6) is 0.434. The maximum Gasteiger partial charge on any atom is 0.331 e. The molecule has 5 nitrogen and oxygen atoms in total.